The van der Waals surface area contributed by atoms with Crippen molar-refractivity contribution in [1.82, 2.24) is 14.9 Å². The number of thiophene rings is 1. The minimum Gasteiger partial charge on any atom is -0.337 e. The number of halogens is 6. The van der Waals surface area contributed by atoms with E-state index < -0.39 is 68.4 Å². The summed E-state index contributed by atoms with van der Waals surface area (Å²) in [4.78, 5) is 22.3. The fourth-order valence-electron chi connectivity index (χ4n) is 5.82. The Morgan fingerprint density at radius 1 is 1.05 bits per heavy atom. The lowest BCUT2D eigenvalue weighted by Gasteiger charge is -2.41. The molecule has 2 aliphatic rings. The summed E-state index contributed by atoms with van der Waals surface area (Å²) in [5, 5.41) is 0.619. The van der Waals surface area contributed by atoms with Crippen molar-refractivity contribution in [3.63, 3.8) is 0 Å². The fraction of sp³-hybridized carbons (Fsp3) is 0.444. The minimum atomic E-state index is -4.91. The van der Waals surface area contributed by atoms with E-state index in [1.807, 2.05) is 0 Å². The number of nitrogens with zero attached hydrogens (tertiary/aromatic N) is 3. The minimum absolute atomic E-state index is 0.0240. The first kappa shape index (κ1) is 30.4. The van der Waals surface area contributed by atoms with Crippen molar-refractivity contribution in [2.75, 3.05) is 5.75 Å². The first-order chi connectivity index (χ1) is 19.7. The summed E-state index contributed by atoms with van der Waals surface area (Å²) in [6, 6.07) is 3.96. The molecule has 3 aromatic rings. The molecule has 4 heterocycles. The molecule has 2 unspecified atom stereocenters. The molecule has 2 fully saturated rings. The zero-order chi connectivity index (χ0) is 30.4. The van der Waals surface area contributed by atoms with Gasteiger partial charge in [0.15, 0.2) is 11.6 Å². The van der Waals surface area contributed by atoms with E-state index in [4.69, 9.17) is 5.73 Å². The van der Waals surface area contributed by atoms with Crippen LogP contribution in [0.2, 0.25) is 0 Å². The molecule has 0 saturated carbocycles. The summed E-state index contributed by atoms with van der Waals surface area (Å²) in [7, 11) is -4.45. The SMILES string of the molecule is NC(Cc1cc(F)c(F)cc1F)C1C[C@H]2CC[C@@H](C1)N2C(=O)CCS(=O)(=O)c1nc(-c2cccs2)cc(C(F)(F)F)n1. The first-order valence-electron chi connectivity index (χ1n) is 13.2. The van der Waals surface area contributed by atoms with Crippen molar-refractivity contribution in [1.29, 1.82) is 0 Å². The molecule has 5 rings (SSSR count). The standard InChI is InChI=1S/C27H26F6N4O3S2/c28-18-12-20(30)19(29)10-14(18)11-21(34)15-8-16-3-4-17(9-15)37(16)25(38)5-7-42(39,40)26-35-22(23-2-1-6-41-23)13-24(36-26)27(31,32)33/h1-2,6,10,12-13,15-17,21H,3-5,7-9,11,34H2/t15?,16-,17+,21?. The van der Waals surface area contributed by atoms with Crippen molar-refractivity contribution >= 4 is 27.1 Å². The average molecular weight is 633 g/mol. The molecule has 4 atom stereocenters. The van der Waals surface area contributed by atoms with Crippen LogP contribution in [0.5, 0.6) is 0 Å². The Morgan fingerprint density at radius 3 is 2.33 bits per heavy atom. The van der Waals surface area contributed by atoms with Crippen molar-refractivity contribution in [3.05, 3.63) is 64.4 Å². The molecule has 1 aromatic carbocycles. The Balaban J connectivity index is 1.25. The zero-order valence-corrected chi connectivity index (χ0v) is 23.6. The van der Waals surface area contributed by atoms with E-state index in [1.54, 1.807) is 16.3 Å². The smallest absolute Gasteiger partial charge is 0.337 e. The number of aromatic nitrogens is 2. The number of hydrogen-bond acceptors (Lipinski definition) is 7. The van der Waals surface area contributed by atoms with Gasteiger partial charge in [-0.1, -0.05) is 6.07 Å². The lowest BCUT2D eigenvalue weighted by Crippen LogP contribution is -2.50. The Kier molecular flexibility index (Phi) is 8.38. The summed E-state index contributed by atoms with van der Waals surface area (Å²) < 4.78 is 108. The number of piperidine rings is 1. The molecule has 226 valence electrons. The van der Waals surface area contributed by atoms with Crippen LogP contribution in [0.15, 0.2) is 40.9 Å². The van der Waals surface area contributed by atoms with Crippen LogP contribution in [0.25, 0.3) is 10.6 Å². The number of sulfone groups is 1. The highest BCUT2D eigenvalue weighted by atomic mass is 32.2. The fourth-order valence-corrected chi connectivity index (χ4v) is 7.61. The highest BCUT2D eigenvalue weighted by Gasteiger charge is 2.45. The van der Waals surface area contributed by atoms with E-state index in [0.717, 1.165) is 17.4 Å². The third-order valence-electron chi connectivity index (χ3n) is 7.84. The number of rotatable bonds is 8. The van der Waals surface area contributed by atoms with Crippen LogP contribution in [-0.4, -0.2) is 53.1 Å². The van der Waals surface area contributed by atoms with Gasteiger partial charge in [0.05, 0.1) is 16.3 Å². The van der Waals surface area contributed by atoms with E-state index >= 15 is 0 Å². The number of alkyl halides is 3. The number of hydrogen-bond donors (Lipinski definition) is 1. The van der Waals surface area contributed by atoms with Gasteiger partial charge >= 0.3 is 6.18 Å². The molecular formula is C27H26F6N4O3S2. The maximum atomic E-state index is 14.1. The molecule has 0 aliphatic carbocycles. The van der Waals surface area contributed by atoms with Crippen molar-refractivity contribution in [2.45, 2.75) is 68.0 Å². The summed E-state index contributed by atoms with van der Waals surface area (Å²) in [6.07, 6.45) is -3.19. The molecule has 7 nitrogen and oxygen atoms in total. The Labute approximate surface area is 241 Å². The van der Waals surface area contributed by atoms with Crippen LogP contribution in [0.4, 0.5) is 26.3 Å². The lowest BCUT2D eigenvalue weighted by atomic mass is 9.82. The van der Waals surface area contributed by atoms with E-state index in [1.165, 1.54) is 6.07 Å². The highest BCUT2D eigenvalue weighted by Crippen LogP contribution is 2.41. The summed E-state index contributed by atoms with van der Waals surface area (Å²) in [5.41, 5.74) is 4.70. The van der Waals surface area contributed by atoms with Crippen LogP contribution < -0.4 is 5.73 Å². The van der Waals surface area contributed by atoms with Gasteiger partial charge in [-0.3, -0.25) is 4.79 Å². The molecule has 0 spiro atoms. The monoisotopic (exact) mass is 632 g/mol. The number of nitrogens with two attached hydrogens (primary N) is 1. The van der Waals surface area contributed by atoms with Gasteiger partial charge in [-0.15, -0.1) is 11.3 Å². The molecule has 2 N–H and O–H groups in total. The summed E-state index contributed by atoms with van der Waals surface area (Å²) in [6.45, 7) is 0. The first-order valence-corrected chi connectivity index (χ1v) is 15.7. The van der Waals surface area contributed by atoms with E-state index in [0.29, 0.717) is 42.7 Å². The van der Waals surface area contributed by atoms with Gasteiger partial charge in [0.1, 0.15) is 11.5 Å². The second-order valence-corrected chi connectivity index (χ2v) is 13.6. The maximum absolute atomic E-state index is 14.1. The third-order valence-corrected chi connectivity index (χ3v) is 10.2. The van der Waals surface area contributed by atoms with Gasteiger partial charge in [0, 0.05) is 30.6 Å². The maximum Gasteiger partial charge on any atom is 0.433 e. The zero-order valence-electron chi connectivity index (χ0n) is 22.0. The molecule has 2 saturated heterocycles. The number of fused-ring (bicyclic) bond motifs is 2. The normalized spacial score (nSPS) is 21.5. The molecule has 1 amide bonds. The second-order valence-electron chi connectivity index (χ2n) is 10.6. The largest absolute Gasteiger partial charge is 0.433 e. The Bertz CT molecular complexity index is 1570. The highest BCUT2D eigenvalue weighted by molar-refractivity contribution is 7.91. The van der Waals surface area contributed by atoms with Crippen LogP contribution >= 0.6 is 11.3 Å². The van der Waals surface area contributed by atoms with Crippen LogP contribution in [0.3, 0.4) is 0 Å². The predicted molar refractivity (Wildman–Crippen MR) is 141 cm³/mol. The topological polar surface area (TPSA) is 106 Å². The molecule has 42 heavy (non-hydrogen) atoms. The van der Waals surface area contributed by atoms with Crippen molar-refractivity contribution < 1.29 is 39.6 Å². The molecular weight excluding hydrogens is 606 g/mol. The third kappa shape index (κ3) is 6.32. The number of benzene rings is 1. The number of amides is 1. The van der Waals surface area contributed by atoms with E-state index in [-0.39, 0.29) is 35.7 Å². The average Bonchev–Trinajstić information content (AvgIpc) is 3.56. The van der Waals surface area contributed by atoms with Crippen LogP contribution in [0, 0.1) is 23.4 Å². The molecule has 2 bridgehead atoms. The predicted octanol–water partition coefficient (Wildman–Crippen LogP) is 5.14. The van der Waals surface area contributed by atoms with Crippen LogP contribution in [0.1, 0.15) is 43.4 Å². The molecule has 15 heteroatoms. The van der Waals surface area contributed by atoms with Gasteiger partial charge < -0.3 is 10.6 Å². The van der Waals surface area contributed by atoms with Gasteiger partial charge in [0.25, 0.3) is 0 Å². The summed E-state index contributed by atoms with van der Waals surface area (Å²) >= 11 is 1.09. The van der Waals surface area contributed by atoms with Crippen molar-refractivity contribution in [3.8, 4) is 10.6 Å². The van der Waals surface area contributed by atoms with Crippen molar-refractivity contribution in [2.24, 2.45) is 11.7 Å². The second kappa shape index (κ2) is 11.6. The summed E-state index contributed by atoms with van der Waals surface area (Å²) in [5.74, 6) is -4.74. The Hall–Kier alpha value is -3.04. The van der Waals surface area contributed by atoms with Gasteiger partial charge in [-0.25, -0.2) is 31.6 Å². The number of carbonyl (C=O) groups is 1. The lowest BCUT2D eigenvalue weighted by molar-refractivity contribution is -0.141. The van der Waals surface area contributed by atoms with Crippen LogP contribution in [-0.2, 0) is 27.2 Å². The molecule has 2 aliphatic heterocycles. The Morgan fingerprint density at radius 2 is 1.71 bits per heavy atom. The molecule has 2 aromatic heterocycles. The van der Waals surface area contributed by atoms with Gasteiger partial charge in [0.2, 0.25) is 20.9 Å². The van der Waals surface area contributed by atoms with E-state index in [2.05, 4.69) is 9.97 Å². The quantitative estimate of drug-likeness (QED) is 0.209. The van der Waals surface area contributed by atoms with E-state index in [9.17, 15) is 39.6 Å². The number of carbonyl (C=O) groups excluding carboxylic acids is 1. The van der Waals surface area contributed by atoms with Gasteiger partial charge in [-0.2, -0.15) is 13.2 Å². The molecule has 0 radical (unpaired) electrons. The van der Waals surface area contributed by atoms with Gasteiger partial charge in [-0.05, 0) is 67.2 Å².